The Hall–Kier alpha value is -2.05. The molecule has 0 radical (unpaired) electrons. The molecular formula is C13H11ClN2O3S. The summed E-state index contributed by atoms with van der Waals surface area (Å²) in [6.45, 7) is 1.74. The SMILES string of the molecule is CC(=NNC(=O)c1ccc(O)cc1O)c1ccc(Cl)s1. The molecule has 0 aliphatic rings. The normalized spacial score (nSPS) is 11.4. The first-order valence-corrected chi connectivity index (χ1v) is 6.79. The Morgan fingerprint density at radius 1 is 1.30 bits per heavy atom. The highest BCUT2D eigenvalue weighted by molar-refractivity contribution is 7.18. The Labute approximate surface area is 124 Å². The van der Waals surface area contributed by atoms with Crippen LogP contribution >= 0.6 is 22.9 Å². The van der Waals surface area contributed by atoms with E-state index in [-0.39, 0.29) is 17.1 Å². The highest BCUT2D eigenvalue weighted by atomic mass is 35.5. The maximum Gasteiger partial charge on any atom is 0.275 e. The van der Waals surface area contributed by atoms with E-state index in [9.17, 15) is 9.90 Å². The zero-order chi connectivity index (χ0) is 14.7. The van der Waals surface area contributed by atoms with Crippen molar-refractivity contribution in [3.8, 4) is 11.5 Å². The Morgan fingerprint density at radius 3 is 2.65 bits per heavy atom. The van der Waals surface area contributed by atoms with E-state index in [1.165, 1.54) is 23.5 Å². The van der Waals surface area contributed by atoms with E-state index in [1.54, 1.807) is 19.1 Å². The molecule has 104 valence electrons. The van der Waals surface area contributed by atoms with Crippen LogP contribution in [-0.4, -0.2) is 21.8 Å². The van der Waals surface area contributed by atoms with Gasteiger partial charge in [-0.05, 0) is 31.2 Å². The number of hydrazone groups is 1. The lowest BCUT2D eigenvalue weighted by molar-refractivity contribution is 0.0952. The number of nitrogens with one attached hydrogen (secondary N) is 1. The van der Waals surface area contributed by atoms with Crippen molar-refractivity contribution >= 4 is 34.6 Å². The third-order valence-corrected chi connectivity index (χ3v) is 3.82. The molecule has 2 aromatic rings. The van der Waals surface area contributed by atoms with Crippen LogP contribution < -0.4 is 5.43 Å². The van der Waals surface area contributed by atoms with E-state index < -0.39 is 5.91 Å². The number of benzene rings is 1. The zero-order valence-corrected chi connectivity index (χ0v) is 12.0. The zero-order valence-electron chi connectivity index (χ0n) is 10.4. The van der Waals surface area contributed by atoms with Crippen molar-refractivity contribution in [2.45, 2.75) is 6.92 Å². The van der Waals surface area contributed by atoms with Gasteiger partial charge in [-0.1, -0.05) is 11.6 Å². The Bertz CT molecular complexity index is 682. The van der Waals surface area contributed by atoms with Crippen molar-refractivity contribution in [2.75, 3.05) is 0 Å². The van der Waals surface area contributed by atoms with Gasteiger partial charge in [0.15, 0.2) is 0 Å². The Kier molecular flexibility index (Phi) is 4.26. The summed E-state index contributed by atoms with van der Waals surface area (Å²) in [5.74, 6) is -0.994. The number of phenolic OH excluding ortho intramolecular Hbond substituents is 2. The first kappa shape index (κ1) is 14.4. The summed E-state index contributed by atoms with van der Waals surface area (Å²) in [5.41, 5.74) is 2.97. The van der Waals surface area contributed by atoms with Gasteiger partial charge in [0.2, 0.25) is 0 Å². The predicted octanol–water partition coefficient (Wildman–Crippen LogP) is 2.97. The number of phenols is 2. The molecule has 0 aliphatic carbocycles. The van der Waals surface area contributed by atoms with Crippen LogP contribution in [0.3, 0.4) is 0 Å². The lowest BCUT2D eigenvalue weighted by atomic mass is 10.2. The Morgan fingerprint density at radius 2 is 2.05 bits per heavy atom. The van der Waals surface area contributed by atoms with Gasteiger partial charge in [0.1, 0.15) is 11.5 Å². The van der Waals surface area contributed by atoms with Crippen LogP contribution in [0.25, 0.3) is 0 Å². The number of halogens is 1. The van der Waals surface area contributed by atoms with Crippen molar-refractivity contribution in [2.24, 2.45) is 5.10 Å². The van der Waals surface area contributed by atoms with Crippen LogP contribution in [0, 0.1) is 0 Å². The fourth-order valence-corrected chi connectivity index (χ4v) is 2.46. The molecule has 1 amide bonds. The molecule has 5 nitrogen and oxygen atoms in total. The van der Waals surface area contributed by atoms with Crippen LogP contribution in [-0.2, 0) is 0 Å². The maximum absolute atomic E-state index is 11.8. The van der Waals surface area contributed by atoms with Gasteiger partial charge in [-0.2, -0.15) is 5.10 Å². The minimum atomic E-state index is -0.565. The van der Waals surface area contributed by atoms with Gasteiger partial charge in [-0.25, -0.2) is 5.43 Å². The fraction of sp³-hybridized carbons (Fsp3) is 0.0769. The second-order valence-corrected chi connectivity index (χ2v) is 5.66. The number of thiophene rings is 1. The molecule has 3 N–H and O–H groups in total. The quantitative estimate of drug-likeness (QED) is 0.602. The third-order valence-electron chi connectivity index (χ3n) is 2.48. The molecule has 0 bridgehead atoms. The second kappa shape index (κ2) is 5.94. The first-order valence-electron chi connectivity index (χ1n) is 5.59. The van der Waals surface area contributed by atoms with Gasteiger partial charge in [0.05, 0.1) is 20.5 Å². The van der Waals surface area contributed by atoms with Crippen molar-refractivity contribution in [1.82, 2.24) is 5.43 Å². The number of nitrogens with zero attached hydrogens (tertiary/aromatic N) is 1. The molecule has 0 fully saturated rings. The molecule has 2 rings (SSSR count). The van der Waals surface area contributed by atoms with Gasteiger partial charge >= 0.3 is 0 Å². The van der Waals surface area contributed by atoms with Crippen LogP contribution in [0.4, 0.5) is 0 Å². The summed E-state index contributed by atoms with van der Waals surface area (Å²) in [7, 11) is 0. The van der Waals surface area contributed by atoms with E-state index >= 15 is 0 Å². The van der Waals surface area contributed by atoms with E-state index in [0.717, 1.165) is 10.9 Å². The van der Waals surface area contributed by atoms with Gasteiger partial charge in [-0.15, -0.1) is 11.3 Å². The number of hydrogen-bond acceptors (Lipinski definition) is 5. The summed E-state index contributed by atoms with van der Waals surface area (Å²) in [5, 5.41) is 22.7. The van der Waals surface area contributed by atoms with Crippen LogP contribution in [0.1, 0.15) is 22.2 Å². The molecule has 0 aliphatic heterocycles. The molecular weight excluding hydrogens is 300 g/mol. The van der Waals surface area contributed by atoms with Crippen LogP contribution in [0.15, 0.2) is 35.4 Å². The third kappa shape index (κ3) is 3.28. The molecule has 0 unspecified atom stereocenters. The maximum atomic E-state index is 11.8. The van der Waals surface area contributed by atoms with Crippen LogP contribution in [0.5, 0.6) is 11.5 Å². The summed E-state index contributed by atoms with van der Waals surface area (Å²) in [6.07, 6.45) is 0. The summed E-state index contributed by atoms with van der Waals surface area (Å²) in [6, 6.07) is 7.26. The molecule has 1 heterocycles. The molecule has 1 aromatic carbocycles. The number of amides is 1. The van der Waals surface area contributed by atoms with Gasteiger partial charge in [0.25, 0.3) is 5.91 Å². The molecule has 0 atom stereocenters. The lowest BCUT2D eigenvalue weighted by Crippen LogP contribution is -2.19. The second-order valence-electron chi connectivity index (χ2n) is 3.94. The molecule has 1 aromatic heterocycles. The summed E-state index contributed by atoms with van der Waals surface area (Å²) in [4.78, 5) is 12.7. The van der Waals surface area contributed by atoms with Crippen LogP contribution in [0.2, 0.25) is 4.34 Å². The number of carbonyl (C=O) groups excluding carboxylic acids is 1. The fourth-order valence-electron chi connectivity index (χ4n) is 1.47. The van der Waals surface area contributed by atoms with Gasteiger partial charge < -0.3 is 10.2 Å². The monoisotopic (exact) mass is 310 g/mol. The van der Waals surface area contributed by atoms with Crippen molar-refractivity contribution in [3.05, 3.63) is 45.1 Å². The summed E-state index contributed by atoms with van der Waals surface area (Å²) >= 11 is 7.17. The molecule has 7 heteroatoms. The minimum absolute atomic E-state index is 0.0311. The number of rotatable bonds is 3. The number of hydrogen-bond donors (Lipinski definition) is 3. The van der Waals surface area contributed by atoms with Gasteiger partial charge in [0, 0.05) is 6.07 Å². The molecule has 0 saturated heterocycles. The van der Waals surface area contributed by atoms with E-state index in [4.69, 9.17) is 16.7 Å². The van der Waals surface area contributed by atoms with Gasteiger partial charge in [-0.3, -0.25) is 4.79 Å². The van der Waals surface area contributed by atoms with E-state index in [2.05, 4.69) is 10.5 Å². The molecule has 0 saturated carbocycles. The first-order chi connectivity index (χ1) is 9.47. The van der Waals surface area contributed by atoms with Crippen molar-refractivity contribution in [1.29, 1.82) is 0 Å². The molecule has 0 spiro atoms. The smallest absolute Gasteiger partial charge is 0.275 e. The number of aromatic hydroxyl groups is 2. The standard InChI is InChI=1S/C13H11ClN2O3S/c1-7(11-4-5-12(14)20-11)15-16-13(19)9-3-2-8(17)6-10(9)18/h2-6,17-18H,1H3,(H,16,19). The van der Waals surface area contributed by atoms with E-state index in [1.807, 2.05) is 0 Å². The lowest BCUT2D eigenvalue weighted by Gasteiger charge is -2.04. The largest absolute Gasteiger partial charge is 0.508 e. The minimum Gasteiger partial charge on any atom is -0.508 e. The molecule has 20 heavy (non-hydrogen) atoms. The number of carbonyl (C=O) groups is 1. The van der Waals surface area contributed by atoms with Crippen molar-refractivity contribution < 1.29 is 15.0 Å². The van der Waals surface area contributed by atoms with E-state index in [0.29, 0.717) is 10.0 Å². The highest BCUT2D eigenvalue weighted by Gasteiger charge is 2.11. The highest BCUT2D eigenvalue weighted by Crippen LogP contribution is 2.23. The van der Waals surface area contributed by atoms with Crippen molar-refractivity contribution in [3.63, 3.8) is 0 Å². The Balaban J connectivity index is 2.12. The topological polar surface area (TPSA) is 81.9 Å². The average molecular weight is 311 g/mol. The predicted molar refractivity (Wildman–Crippen MR) is 78.8 cm³/mol. The average Bonchev–Trinajstić information content (AvgIpc) is 2.82. The summed E-state index contributed by atoms with van der Waals surface area (Å²) < 4.78 is 0.636.